The van der Waals surface area contributed by atoms with Crippen LogP contribution in [0.1, 0.15) is 36.3 Å². The average molecular weight is 264 g/mol. The van der Waals surface area contributed by atoms with Gasteiger partial charge in [0.1, 0.15) is 5.75 Å². The lowest BCUT2D eigenvalue weighted by molar-refractivity contribution is 0.474. The molecule has 0 spiro atoms. The molecule has 2 aromatic rings. The van der Waals surface area contributed by atoms with E-state index in [2.05, 4.69) is 37.3 Å². The first-order chi connectivity index (χ1) is 9.74. The summed E-state index contributed by atoms with van der Waals surface area (Å²) in [7, 11) is 0. The van der Waals surface area contributed by atoms with Gasteiger partial charge in [-0.05, 0) is 60.6 Å². The number of benzene rings is 2. The zero-order chi connectivity index (χ0) is 13.9. The lowest BCUT2D eigenvalue weighted by atomic mass is 9.87. The first-order valence-electron chi connectivity index (χ1n) is 7.30. The highest BCUT2D eigenvalue weighted by Gasteiger charge is 2.13. The number of phenolic OH excluding ortho intramolecular Hbond substituents is 1. The Bertz CT molecular complexity index is 640. The van der Waals surface area contributed by atoms with Gasteiger partial charge in [0.15, 0.2) is 0 Å². The molecule has 1 heteroatoms. The highest BCUT2D eigenvalue weighted by molar-refractivity contribution is 5.69. The van der Waals surface area contributed by atoms with Crippen LogP contribution in [0.3, 0.4) is 0 Å². The minimum absolute atomic E-state index is 0.361. The Balaban J connectivity index is 2.05. The Morgan fingerprint density at radius 1 is 1.10 bits per heavy atom. The van der Waals surface area contributed by atoms with Gasteiger partial charge in [0, 0.05) is 5.92 Å². The summed E-state index contributed by atoms with van der Waals surface area (Å²) in [5.41, 5.74) is 4.77. The normalized spacial score (nSPS) is 18.1. The Hall–Kier alpha value is -2.02. The van der Waals surface area contributed by atoms with Gasteiger partial charge in [-0.1, -0.05) is 42.5 Å². The minimum atomic E-state index is 0.361. The fourth-order valence-corrected chi connectivity index (χ4v) is 2.99. The third-order valence-electron chi connectivity index (χ3n) is 4.08. The van der Waals surface area contributed by atoms with E-state index in [4.69, 9.17) is 0 Å². The Morgan fingerprint density at radius 3 is 2.70 bits per heavy atom. The molecular formula is C19H20O. The molecule has 0 saturated carbocycles. The van der Waals surface area contributed by atoms with Crippen LogP contribution in [-0.4, -0.2) is 5.11 Å². The van der Waals surface area contributed by atoms with Crippen molar-refractivity contribution in [2.24, 2.45) is 0 Å². The molecule has 0 aromatic heterocycles. The zero-order valence-corrected chi connectivity index (χ0v) is 11.8. The second-order valence-electron chi connectivity index (χ2n) is 5.59. The van der Waals surface area contributed by atoms with Gasteiger partial charge in [-0.2, -0.15) is 0 Å². The molecule has 1 N–H and O–H groups in total. The smallest absolute Gasteiger partial charge is 0.116 e. The number of hydrogen-bond donors (Lipinski definition) is 1. The Labute approximate surface area is 120 Å². The molecule has 0 fully saturated rings. The van der Waals surface area contributed by atoms with E-state index < -0.39 is 0 Å². The van der Waals surface area contributed by atoms with Crippen LogP contribution in [0.15, 0.2) is 54.6 Å². The van der Waals surface area contributed by atoms with E-state index in [1.165, 1.54) is 36.0 Å². The van der Waals surface area contributed by atoms with Crippen LogP contribution in [0, 0.1) is 6.92 Å². The summed E-state index contributed by atoms with van der Waals surface area (Å²) in [5, 5.41) is 10.1. The van der Waals surface area contributed by atoms with Crippen LogP contribution in [-0.2, 0) is 0 Å². The average Bonchev–Trinajstić information content (AvgIpc) is 2.48. The molecule has 1 aliphatic carbocycles. The van der Waals surface area contributed by atoms with Crippen molar-refractivity contribution < 1.29 is 5.11 Å². The van der Waals surface area contributed by atoms with Gasteiger partial charge in [0.2, 0.25) is 0 Å². The minimum Gasteiger partial charge on any atom is -0.508 e. The van der Waals surface area contributed by atoms with Crippen molar-refractivity contribution in [1.29, 1.82) is 0 Å². The second-order valence-corrected chi connectivity index (χ2v) is 5.59. The monoisotopic (exact) mass is 264 g/mol. The van der Waals surface area contributed by atoms with Crippen molar-refractivity contribution in [2.75, 3.05) is 0 Å². The SMILES string of the molecule is Cc1ccccc1-c1cc(O)cc(C2C=CCCC2)c1. The Morgan fingerprint density at radius 2 is 1.95 bits per heavy atom. The molecule has 1 aliphatic rings. The van der Waals surface area contributed by atoms with E-state index in [9.17, 15) is 5.11 Å². The highest BCUT2D eigenvalue weighted by Crippen LogP contribution is 2.34. The van der Waals surface area contributed by atoms with Crippen LogP contribution in [0.4, 0.5) is 0 Å². The molecule has 3 rings (SSSR count). The maximum absolute atomic E-state index is 10.1. The van der Waals surface area contributed by atoms with E-state index in [0.717, 1.165) is 5.56 Å². The summed E-state index contributed by atoms with van der Waals surface area (Å²) in [6, 6.07) is 14.3. The summed E-state index contributed by atoms with van der Waals surface area (Å²) < 4.78 is 0. The predicted octanol–water partition coefficient (Wildman–Crippen LogP) is 5.19. The quantitative estimate of drug-likeness (QED) is 0.740. The Kier molecular flexibility index (Phi) is 3.60. The molecule has 0 amide bonds. The first-order valence-corrected chi connectivity index (χ1v) is 7.30. The lowest BCUT2D eigenvalue weighted by Crippen LogP contribution is -1.99. The summed E-state index contributed by atoms with van der Waals surface area (Å²) >= 11 is 0. The molecule has 0 saturated heterocycles. The van der Waals surface area contributed by atoms with Crippen molar-refractivity contribution in [3.8, 4) is 16.9 Å². The molecule has 1 unspecified atom stereocenters. The van der Waals surface area contributed by atoms with Crippen molar-refractivity contribution in [3.63, 3.8) is 0 Å². The molecule has 1 nitrogen and oxygen atoms in total. The molecule has 2 aromatic carbocycles. The third-order valence-corrected chi connectivity index (χ3v) is 4.08. The number of hydrogen-bond acceptors (Lipinski definition) is 1. The van der Waals surface area contributed by atoms with Gasteiger partial charge in [-0.25, -0.2) is 0 Å². The third kappa shape index (κ3) is 2.62. The van der Waals surface area contributed by atoms with Crippen molar-refractivity contribution >= 4 is 0 Å². The number of rotatable bonds is 2. The molecule has 0 radical (unpaired) electrons. The summed E-state index contributed by atoms with van der Waals surface area (Å²) in [5.74, 6) is 0.804. The van der Waals surface area contributed by atoms with Gasteiger partial charge >= 0.3 is 0 Å². The molecule has 0 bridgehead atoms. The van der Waals surface area contributed by atoms with E-state index in [-0.39, 0.29) is 0 Å². The van der Waals surface area contributed by atoms with Crippen molar-refractivity contribution in [2.45, 2.75) is 32.1 Å². The van der Waals surface area contributed by atoms with Crippen LogP contribution in [0.2, 0.25) is 0 Å². The van der Waals surface area contributed by atoms with Gasteiger partial charge in [-0.15, -0.1) is 0 Å². The first kappa shape index (κ1) is 13.0. The van der Waals surface area contributed by atoms with Crippen LogP contribution in [0.5, 0.6) is 5.75 Å². The van der Waals surface area contributed by atoms with Crippen molar-refractivity contribution in [3.05, 3.63) is 65.7 Å². The fourth-order valence-electron chi connectivity index (χ4n) is 2.99. The van der Waals surface area contributed by atoms with Gasteiger partial charge in [0.25, 0.3) is 0 Å². The van der Waals surface area contributed by atoms with E-state index in [1.807, 2.05) is 24.3 Å². The van der Waals surface area contributed by atoms with Gasteiger partial charge in [-0.3, -0.25) is 0 Å². The molecule has 0 heterocycles. The highest BCUT2D eigenvalue weighted by atomic mass is 16.3. The van der Waals surface area contributed by atoms with Crippen LogP contribution < -0.4 is 0 Å². The number of aryl methyl sites for hydroxylation is 1. The van der Waals surface area contributed by atoms with E-state index >= 15 is 0 Å². The number of aromatic hydroxyl groups is 1. The number of phenols is 1. The maximum Gasteiger partial charge on any atom is 0.116 e. The van der Waals surface area contributed by atoms with Crippen molar-refractivity contribution in [1.82, 2.24) is 0 Å². The number of allylic oxidation sites excluding steroid dienone is 2. The summed E-state index contributed by atoms with van der Waals surface area (Å²) in [4.78, 5) is 0. The molecular weight excluding hydrogens is 244 g/mol. The molecule has 102 valence electrons. The molecule has 20 heavy (non-hydrogen) atoms. The molecule has 0 aliphatic heterocycles. The van der Waals surface area contributed by atoms with Crippen LogP contribution in [0.25, 0.3) is 11.1 Å². The van der Waals surface area contributed by atoms with Crippen LogP contribution >= 0.6 is 0 Å². The summed E-state index contributed by atoms with van der Waals surface area (Å²) in [6.45, 7) is 2.11. The standard InChI is InChI=1S/C19H20O/c1-14-7-5-6-10-19(14)17-11-16(12-18(20)13-17)15-8-3-2-4-9-15/h3,5-8,10-13,15,20H,2,4,9H2,1H3. The van der Waals surface area contributed by atoms with E-state index in [0.29, 0.717) is 11.7 Å². The fraction of sp³-hybridized carbons (Fsp3) is 0.263. The zero-order valence-electron chi connectivity index (χ0n) is 11.8. The summed E-state index contributed by atoms with van der Waals surface area (Å²) in [6.07, 6.45) is 8.12. The predicted molar refractivity (Wildman–Crippen MR) is 84.0 cm³/mol. The largest absolute Gasteiger partial charge is 0.508 e. The second kappa shape index (κ2) is 5.54. The van der Waals surface area contributed by atoms with Gasteiger partial charge in [0.05, 0.1) is 0 Å². The lowest BCUT2D eigenvalue weighted by Gasteiger charge is -2.18. The maximum atomic E-state index is 10.1. The topological polar surface area (TPSA) is 20.2 Å². The molecule has 1 atom stereocenters. The van der Waals surface area contributed by atoms with Gasteiger partial charge < -0.3 is 5.11 Å². The van der Waals surface area contributed by atoms with E-state index in [1.54, 1.807) is 0 Å².